The Hall–Kier alpha value is -3.47. The molecule has 2 amide bonds. The van der Waals surface area contributed by atoms with E-state index in [1.807, 2.05) is 0 Å². The van der Waals surface area contributed by atoms with Crippen molar-refractivity contribution in [3.63, 3.8) is 0 Å². The van der Waals surface area contributed by atoms with Crippen LogP contribution >= 0.6 is 39.3 Å². The van der Waals surface area contributed by atoms with E-state index in [4.69, 9.17) is 16.3 Å². The number of nitro groups is 1. The van der Waals surface area contributed by atoms with Gasteiger partial charge in [0.05, 0.1) is 27.0 Å². The molecule has 4 rings (SSSR count). The largest absolute Gasteiger partial charge is 0.422 e. The van der Waals surface area contributed by atoms with Crippen molar-refractivity contribution in [3.8, 4) is 5.75 Å². The molecule has 0 aliphatic carbocycles. The van der Waals surface area contributed by atoms with Crippen LogP contribution in [0.1, 0.15) is 21.5 Å². The summed E-state index contributed by atoms with van der Waals surface area (Å²) < 4.78 is 6.17. The van der Waals surface area contributed by atoms with E-state index in [2.05, 4.69) is 15.9 Å². The highest BCUT2D eigenvalue weighted by atomic mass is 79.9. The molecule has 1 aliphatic rings. The molecule has 0 bridgehead atoms. The highest BCUT2D eigenvalue weighted by Crippen LogP contribution is 2.36. The Morgan fingerprint density at radius 2 is 1.83 bits per heavy atom. The fourth-order valence-electron chi connectivity index (χ4n) is 3.28. The van der Waals surface area contributed by atoms with E-state index in [9.17, 15) is 24.5 Å². The molecule has 1 saturated heterocycles. The zero-order valence-electron chi connectivity index (χ0n) is 17.6. The summed E-state index contributed by atoms with van der Waals surface area (Å²) in [6, 6.07) is 17.2. The number of esters is 1. The number of benzene rings is 3. The Labute approximate surface area is 216 Å². The van der Waals surface area contributed by atoms with Crippen molar-refractivity contribution in [2.24, 2.45) is 0 Å². The molecular formula is C24H14BrClN2O6S. The number of halogens is 2. The highest BCUT2D eigenvalue weighted by Gasteiger charge is 2.36. The molecule has 176 valence electrons. The summed E-state index contributed by atoms with van der Waals surface area (Å²) in [7, 11) is 0. The minimum Gasteiger partial charge on any atom is -0.422 e. The van der Waals surface area contributed by atoms with Gasteiger partial charge in [0.15, 0.2) is 0 Å². The van der Waals surface area contributed by atoms with Crippen molar-refractivity contribution in [2.75, 3.05) is 0 Å². The number of carbonyl (C=O) groups excluding carboxylic acids is 3. The smallest absolute Gasteiger partial charge is 0.345 e. The monoisotopic (exact) mass is 572 g/mol. The Balaban J connectivity index is 1.62. The summed E-state index contributed by atoms with van der Waals surface area (Å²) in [6.45, 7) is -0.244. The normalized spacial score (nSPS) is 14.5. The molecule has 0 spiro atoms. The molecule has 35 heavy (non-hydrogen) atoms. The van der Waals surface area contributed by atoms with Gasteiger partial charge in [-0.2, -0.15) is 0 Å². The molecule has 0 unspecified atom stereocenters. The van der Waals surface area contributed by atoms with Gasteiger partial charge in [-0.15, -0.1) is 0 Å². The Bertz CT molecular complexity index is 1410. The molecule has 1 heterocycles. The fourth-order valence-corrected chi connectivity index (χ4v) is 4.70. The van der Waals surface area contributed by atoms with Gasteiger partial charge in [-0.1, -0.05) is 57.9 Å². The van der Waals surface area contributed by atoms with Crippen LogP contribution in [-0.4, -0.2) is 26.9 Å². The van der Waals surface area contributed by atoms with E-state index < -0.39 is 22.0 Å². The number of imide groups is 1. The number of thioether (sulfide) groups is 1. The number of nitro benzene ring substituents is 1. The van der Waals surface area contributed by atoms with Crippen molar-refractivity contribution in [1.82, 2.24) is 4.90 Å². The van der Waals surface area contributed by atoms with Crippen LogP contribution in [0.5, 0.6) is 5.75 Å². The number of amides is 2. The second-order valence-corrected chi connectivity index (χ2v) is 9.52. The molecule has 0 aromatic heterocycles. The number of nitrogens with zero attached hydrogens (tertiary/aromatic N) is 2. The number of para-hydroxylation sites is 1. The van der Waals surface area contributed by atoms with Crippen LogP contribution < -0.4 is 4.74 Å². The highest BCUT2D eigenvalue weighted by molar-refractivity contribution is 9.10. The summed E-state index contributed by atoms with van der Waals surface area (Å²) in [5.41, 5.74) is 0.595. The van der Waals surface area contributed by atoms with Crippen LogP contribution in [0.2, 0.25) is 5.02 Å². The van der Waals surface area contributed by atoms with Gasteiger partial charge in [0.25, 0.3) is 16.8 Å². The summed E-state index contributed by atoms with van der Waals surface area (Å²) in [5, 5.41) is 11.0. The number of ether oxygens (including phenoxy) is 1. The maximum absolute atomic E-state index is 13.0. The maximum atomic E-state index is 13.0. The van der Waals surface area contributed by atoms with Gasteiger partial charge in [-0.25, -0.2) is 4.79 Å². The minimum atomic E-state index is -0.683. The number of hydrogen-bond acceptors (Lipinski definition) is 7. The average Bonchev–Trinajstić information content (AvgIpc) is 3.08. The SMILES string of the molecule is O=C(Oc1ccc(Br)cc1/C=C1\SC(=O)N(Cc2ccccc2[N+](=O)[O-])C1=O)c1ccccc1Cl. The predicted molar refractivity (Wildman–Crippen MR) is 135 cm³/mol. The zero-order valence-corrected chi connectivity index (χ0v) is 20.8. The molecule has 3 aromatic carbocycles. The van der Waals surface area contributed by atoms with Gasteiger partial charge < -0.3 is 4.74 Å². The lowest BCUT2D eigenvalue weighted by Crippen LogP contribution is -2.27. The zero-order chi connectivity index (χ0) is 25.1. The molecule has 1 aliphatic heterocycles. The van der Waals surface area contributed by atoms with Crippen molar-refractivity contribution in [2.45, 2.75) is 6.54 Å². The van der Waals surface area contributed by atoms with Gasteiger partial charge in [-0.3, -0.25) is 24.6 Å². The van der Waals surface area contributed by atoms with E-state index in [0.29, 0.717) is 21.8 Å². The topological polar surface area (TPSA) is 107 Å². The standard InChI is InChI=1S/C24H14BrClN2O6S/c25-16-9-10-20(34-23(30)17-6-2-3-7-18(17)26)15(11-16)12-21-22(29)27(24(31)35-21)13-14-5-1-4-8-19(14)28(32)33/h1-12H,13H2/b21-12-. The summed E-state index contributed by atoms with van der Waals surface area (Å²) >= 11 is 10.1. The van der Waals surface area contributed by atoms with Crippen LogP contribution in [0.4, 0.5) is 10.5 Å². The van der Waals surface area contributed by atoms with Gasteiger partial charge in [-0.05, 0) is 48.2 Å². The summed E-state index contributed by atoms with van der Waals surface area (Å²) in [6.07, 6.45) is 1.43. The Morgan fingerprint density at radius 1 is 1.11 bits per heavy atom. The Morgan fingerprint density at radius 3 is 2.57 bits per heavy atom. The summed E-state index contributed by atoms with van der Waals surface area (Å²) in [4.78, 5) is 50.0. The number of carbonyl (C=O) groups is 3. The molecular weight excluding hydrogens is 560 g/mol. The van der Waals surface area contributed by atoms with E-state index in [1.54, 1.807) is 42.5 Å². The van der Waals surface area contributed by atoms with Crippen molar-refractivity contribution in [3.05, 3.63) is 108 Å². The lowest BCUT2D eigenvalue weighted by Gasteiger charge is -2.12. The Kier molecular flexibility index (Phi) is 7.34. The van der Waals surface area contributed by atoms with Crippen molar-refractivity contribution in [1.29, 1.82) is 0 Å². The third kappa shape index (κ3) is 5.45. The van der Waals surface area contributed by atoms with E-state index >= 15 is 0 Å². The average molecular weight is 574 g/mol. The van der Waals surface area contributed by atoms with Crippen LogP contribution in [0.15, 0.2) is 76.1 Å². The first-order valence-electron chi connectivity index (χ1n) is 9.98. The second kappa shape index (κ2) is 10.4. The van der Waals surface area contributed by atoms with Crippen LogP contribution in [0.3, 0.4) is 0 Å². The van der Waals surface area contributed by atoms with Gasteiger partial charge in [0.1, 0.15) is 5.75 Å². The molecule has 0 atom stereocenters. The van der Waals surface area contributed by atoms with Gasteiger partial charge in [0, 0.05) is 21.7 Å². The lowest BCUT2D eigenvalue weighted by atomic mass is 10.1. The van der Waals surface area contributed by atoms with E-state index in [-0.39, 0.29) is 39.0 Å². The molecule has 8 nitrogen and oxygen atoms in total. The second-order valence-electron chi connectivity index (χ2n) is 7.21. The molecule has 1 fully saturated rings. The molecule has 0 N–H and O–H groups in total. The first-order valence-corrected chi connectivity index (χ1v) is 12.0. The summed E-state index contributed by atoms with van der Waals surface area (Å²) in [5.74, 6) is -1.14. The molecule has 3 aromatic rings. The maximum Gasteiger partial charge on any atom is 0.345 e. The van der Waals surface area contributed by atoms with Gasteiger partial charge >= 0.3 is 5.97 Å². The fraction of sp³-hybridized carbons (Fsp3) is 0.0417. The van der Waals surface area contributed by atoms with E-state index in [0.717, 1.165) is 4.90 Å². The number of hydrogen-bond donors (Lipinski definition) is 0. The van der Waals surface area contributed by atoms with Crippen molar-refractivity contribution >= 4 is 68.2 Å². The van der Waals surface area contributed by atoms with Crippen LogP contribution in [0.25, 0.3) is 6.08 Å². The van der Waals surface area contributed by atoms with Crippen LogP contribution in [-0.2, 0) is 11.3 Å². The third-order valence-corrected chi connectivity index (χ3v) is 6.68. The van der Waals surface area contributed by atoms with Crippen LogP contribution in [0, 0.1) is 10.1 Å². The molecule has 11 heteroatoms. The third-order valence-electron chi connectivity index (χ3n) is 4.95. The molecule has 0 saturated carbocycles. The first-order chi connectivity index (χ1) is 16.7. The molecule has 0 radical (unpaired) electrons. The minimum absolute atomic E-state index is 0.0849. The lowest BCUT2D eigenvalue weighted by molar-refractivity contribution is -0.385. The van der Waals surface area contributed by atoms with Crippen molar-refractivity contribution < 1.29 is 24.0 Å². The van der Waals surface area contributed by atoms with E-state index in [1.165, 1.54) is 30.3 Å². The predicted octanol–water partition coefficient (Wildman–Crippen LogP) is 6.47. The quantitative estimate of drug-likeness (QED) is 0.109. The first kappa shape index (κ1) is 24.6. The number of rotatable bonds is 6. The van der Waals surface area contributed by atoms with Gasteiger partial charge in [0.2, 0.25) is 0 Å².